The molecule has 1 aromatic carbocycles. The third-order valence-electron chi connectivity index (χ3n) is 3.49. The van der Waals surface area contributed by atoms with Gasteiger partial charge >= 0.3 is 0 Å². The summed E-state index contributed by atoms with van der Waals surface area (Å²) in [6, 6.07) is 9.19. The Morgan fingerprint density at radius 3 is 2.33 bits per heavy atom. The predicted molar refractivity (Wildman–Crippen MR) is 62.8 cm³/mol. The normalized spacial score (nSPS) is 20.5. The van der Waals surface area contributed by atoms with E-state index < -0.39 is 0 Å². The summed E-state index contributed by atoms with van der Waals surface area (Å²) < 4.78 is 0. The molecular weight excluding hydrogens is 182 g/mol. The second-order valence-corrected chi connectivity index (χ2v) is 5.09. The molecule has 0 bridgehead atoms. The van der Waals surface area contributed by atoms with Gasteiger partial charge in [0.2, 0.25) is 0 Å². The molecule has 80 valence electrons. The van der Waals surface area contributed by atoms with Gasteiger partial charge in [-0.05, 0) is 55.2 Å². The molecule has 2 fully saturated rings. The monoisotopic (exact) mass is 201 g/mol. The van der Waals surface area contributed by atoms with Gasteiger partial charge in [-0.2, -0.15) is 0 Å². The first kappa shape index (κ1) is 9.41. The maximum absolute atomic E-state index is 3.53. The summed E-state index contributed by atoms with van der Waals surface area (Å²) in [4.78, 5) is 0. The molecule has 0 aliphatic heterocycles. The molecule has 2 aliphatic carbocycles. The predicted octanol–water partition coefficient (Wildman–Crippen LogP) is 3.06. The lowest BCUT2D eigenvalue weighted by atomic mass is 10.1. The summed E-state index contributed by atoms with van der Waals surface area (Å²) in [7, 11) is 0. The maximum atomic E-state index is 3.53. The number of nitrogens with one attached hydrogen (secondary N) is 1. The standard InChI is InChI=1S/C14H19N/c1-2-11(1)9-15-10-12-3-5-13(6-4-12)14-7-8-14/h3-6,11,14-15H,1-2,7-10H2. The Labute approximate surface area is 91.9 Å². The van der Waals surface area contributed by atoms with E-state index in [4.69, 9.17) is 0 Å². The minimum Gasteiger partial charge on any atom is -0.312 e. The molecule has 15 heavy (non-hydrogen) atoms. The van der Waals surface area contributed by atoms with E-state index in [1.54, 1.807) is 5.56 Å². The third-order valence-corrected chi connectivity index (χ3v) is 3.49. The van der Waals surface area contributed by atoms with E-state index in [0.29, 0.717) is 0 Å². The van der Waals surface area contributed by atoms with Gasteiger partial charge in [-0.25, -0.2) is 0 Å². The van der Waals surface area contributed by atoms with Crippen LogP contribution in [0, 0.1) is 5.92 Å². The number of hydrogen-bond acceptors (Lipinski definition) is 1. The second-order valence-electron chi connectivity index (χ2n) is 5.09. The number of rotatable bonds is 5. The lowest BCUT2D eigenvalue weighted by molar-refractivity contribution is 0.638. The van der Waals surface area contributed by atoms with E-state index in [1.807, 2.05) is 0 Å². The second kappa shape index (κ2) is 3.97. The smallest absolute Gasteiger partial charge is 0.0205 e. The van der Waals surface area contributed by atoms with Crippen molar-refractivity contribution < 1.29 is 0 Å². The number of hydrogen-bond donors (Lipinski definition) is 1. The fourth-order valence-electron chi connectivity index (χ4n) is 2.07. The van der Waals surface area contributed by atoms with Gasteiger partial charge in [-0.3, -0.25) is 0 Å². The Kier molecular flexibility index (Phi) is 2.49. The summed E-state index contributed by atoms with van der Waals surface area (Å²) in [5.41, 5.74) is 2.97. The molecule has 0 saturated heterocycles. The SMILES string of the molecule is c1cc(C2CC2)ccc1CNCC1CC1. The summed E-state index contributed by atoms with van der Waals surface area (Å²) in [5, 5.41) is 3.53. The van der Waals surface area contributed by atoms with E-state index >= 15 is 0 Å². The van der Waals surface area contributed by atoms with Crippen LogP contribution in [-0.2, 0) is 6.54 Å². The topological polar surface area (TPSA) is 12.0 Å². The van der Waals surface area contributed by atoms with Gasteiger partial charge in [0.05, 0.1) is 0 Å². The van der Waals surface area contributed by atoms with Crippen molar-refractivity contribution in [1.82, 2.24) is 5.32 Å². The van der Waals surface area contributed by atoms with Crippen molar-refractivity contribution in [2.45, 2.75) is 38.1 Å². The average Bonchev–Trinajstić information content (AvgIpc) is 3.14. The van der Waals surface area contributed by atoms with E-state index in [1.165, 1.54) is 37.8 Å². The van der Waals surface area contributed by atoms with Crippen LogP contribution in [0.4, 0.5) is 0 Å². The van der Waals surface area contributed by atoms with E-state index in [0.717, 1.165) is 18.4 Å². The number of benzene rings is 1. The van der Waals surface area contributed by atoms with Crippen LogP contribution in [0.2, 0.25) is 0 Å². The molecule has 0 spiro atoms. The van der Waals surface area contributed by atoms with Crippen LogP contribution in [0.15, 0.2) is 24.3 Å². The first-order valence-electron chi connectivity index (χ1n) is 6.21. The molecule has 0 radical (unpaired) electrons. The van der Waals surface area contributed by atoms with Crippen molar-refractivity contribution >= 4 is 0 Å². The minimum atomic E-state index is 0.887. The molecule has 1 aromatic rings. The first-order valence-corrected chi connectivity index (χ1v) is 6.21. The van der Waals surface area contributed by atoms with Crippen LogP contribution < -0.4 is 5.32 Å². The Balaban J connectivity index is 1.50. The molecular formula is C14H19N. The largest absolute Gasteiger partial charge is 0.312 e. The Bertz CT molecular complexity index is 320. The molecule has 0 heterocycles. The van der Waals surface area contributed by atoms with Crippen LogP contribution in [0.25, 0.3) is 0 Å². The Morgan fingerprint density at radius 2 is 1.73 bits per heavy atom. The fourth-order valence-corrected chi connectivity index (χ4v) is 2.07. The first-order chi connectivity index (χ1) is 7.42. The molecule has 2 aliphatic rings. The zero-order chi connectivity index (χ0) is 10.1. The lowest BCUT2D eigenvalue weighted by Gasteiger charge is -2.05. The van der Waals surface area contributed by atoms with Crippen LogP contribution in [0.3, 0.4) is 0 Å². The van der Waals surface area contributed by atoms with Gasteiger partial charge in [-0.15, -0.1) is 0 Å². The van der Waals surface area contributed by atoms with Gasteiger partial charge in [0, 0.05) is 6.54 Å². The quantitative estimate of drug-likeness (QED) is 0.772. The van der Waals surface area contributed by atoms with Crippen LogP contribution in [-0.4, -0.2) is 6.54 Å². The Morgan fingerprint density at radius 1 is 1.00 bits per heavy atom. The van der Waals surface area contributed by atoms with Gasteiger partial charge < -0.3 is 5.32 Å². The molecule has 0 unspecified atom stereocenters. The summed E-state index contributed by atoms with van der Waals surface area (Å²) >= 11 is 0. The van der Waals surface area contributed by atoms with E-state index in [2.05, 4.69) is 29.6 Å². The van der Waals surface area contributed by atoms with Crippen molar-refractivity contribution in [3.8, 4) is 0 Å². The van der Waals surface area contributed by atoms with Crippen molar-refractivity contribution in [2.75, 3.05) is 6.54 Å². The molecule has 0 aromatic heterocycles. The molecule has 1 heteroatoms. The highest BCUT2D eigenvalue weighted by molar-refractivity contribution is 5.27. The van der Waals surface area contributed by atoms with Crippen LogP contribution >= 0.6 is 0 Å². The molecule has 1 nitrogen and oxygen atoms in total. The molecule has 0 amide bonds. The fraction of sp³-hybridized carbons (Fsp3) is 0.571. The van der Waals surface area contributed by atoms with Gasteiger partial charge in [-0.1, -0.05) is 24.3 Å². The third kappa shape index (κ3) is 2.60. The summed E-state index contributed by atoms with van der Waals surface area (Å²) in [5.74, 6) is 1.87. The maximum Gasteiger partial charge on any atom is 0.0205 e. The molecule has 1 N–H and O–H groups in total. The van der Waals surface area contributed by atoms with Crippen LogP contribution in [0.1, 0.15) is 42.7 Å². The highest BCUT2D eigenvalue weighted by Crippen LogP contribution is 2.39. The van der Waals surface area contributed by atoms with Crippen LogP contribution in [0.5, 0.6) is 0 Å². The van der Waals surface area contributed by atoms with Gasteiger partial charge in [0.15, 0.2) is 0 Å². The van der Waals surface area contributed by atoms with Crippen molar-refractivity contribution in [1.29, 1.82) is 0 Å². The highest BCUT2D eigenvalue weighted by Gasteiger charge is 2.23. The average molecular weight is 201 g/mol. The summed E-state index contributed by atoms with van der Waals surface area (Å²) in [6.07, 6.45) is 5.68. The van der Waals surface area contributed by atoms with Crippen molar-refractivity contribution in [2.24, 2.45) is 5.92 Å². The molecule has 0 atom stereocenters. The molecule has 2 saturated carbocycles. The van der Waals surface area contributed by atoms with E-state index in [9.17, 15) is 0 Å². The van der Waals surface area contributed by atoms with E-state index in [-0.39, 0.29) is 0 Å². The van der Waals surface area contributed by atoms with Crippen molar-refractivity contribution in [3.05, 3.63) is 35.4 Å². The molecule has 3 rings (SSSR count). The van der Waals surface area contributed by atoms with Gasteiger partial charge in [0.25, 0.3) is 0 Å². The minimum absolute atomic E-state index is 0.887. The van der Waals surface area contributed by atoms with Gasteiger partial charge in [0.1, 0.15) is 0 Å². The zero-order valence-corrected chi connectivity index (χ0v) is 9.21. The Hall–Kier alpha value is -0.820. The lowest BCUT2D eigenvalue weighted by Crippen LogP contribution is -2.15. The zero-order valence-electron chi connectivity index (χ0n) is 9.21. The van der Waals surface area contributed by atoms with Crippen molar-refractivity contribution in [3.63, 3.8) is 0 Å². The highest BCUT2D eigenvalue weighted by atomic mass is 14.9. The summed E-state index contributed by atoms with van der Waals surface area (Å²) in [6.45, 7) is 2.26.